The van der Waals surface area contributed by atoms with E-state index in [1.807, 2.05) is 31.1 Å². The van der Waals surface area contributed by atoms with Gasteiger partial charge in [-0.1, -0.05) is 0 Å². The second-order valence-electron chi connectivity index (χ2n) is 4.06. The van der Waals surface area contributed by atoms with Crippen molar-refractivity contribution in [3.05, 3.63) is 35.9 Å². The molecule has 5 nitrogen and oxygen atoms in total. The molecule has 0 fully saturated rings. The fraction of sp³-hybridized carbons (Fsp3) is 0.231. The van der Waals surface area contributed by atoms with Crippen molar-refractivity contribution in [2.24, 2.45) is 0 Å². The molecule has 0 saturated carbocycles. The third-order valence-corrected chi connectivity index (χ3v) is 2.34. The molecule has 0 spiro atoms. The number of anilines is 2. The van der Waals surface area contributed by atoms with Crippen molar-refractivity contribution >= 4 is 23.3 Å². The molecule has 1 rings (SSSR count). The van der Waals surface area contributed by atoms with Crippen molar-refractivity contribution in [1.29, 1.82) is 0 Å². The van der Waals surface area contributed by atoms with Crippen molar-refractivity contribution < 1.29 is 14.7 Å². The molecular weight excluding hydrogens is 232 g/mol. The van der Waals surface area contributed by atoms with Crippen LogP contribution in [0, 0.1) is 0 Å². The SMILES string of the molecule is C/C(=C\C(=O)Nc1ccc(N(C)C)cc1)C(=O)O. The van der Waals surface area contributed by atoms with E-state index in [0.717, 1.165) is 11.8 Å². The Bertz CT molecular complexity index is 476. The van der Waals surface area contributed by atoms with E-state index in [9.17, 15) is 9.59 Å². The molecule has 0 unspecified atom stereocenters. The van der Waals surface area contributed by atoms with E-state index in [2.05, 4.69) is 5.32 Å². The highest BCUT2D eigenvalue weighted by atomic mass is 16.4. The number of carboxylic acid groups (broad SMARTS) is 1. The molecule has 96 valence electrons. The number of carboxylic acids is 1. The van der Waals surface area contributed by atoms with E-state index in [1.165, 1.54) is 6.92 Å². The van der Waals surface area contributed by atoms with Crippen LogP contribution in [0.1, 0.15) is 6.92 Å². The first kappa shape index (κ1) is 13.8. The Morgan fingerprint density at radius 2 is 1.78 bits per heavy atom. The van der Waals surface area contributed by atoms with Crippen LogP contribution >= 0.6 is 0 Å². The molecule has 1 aromatic rings. The van der Waals surface area contributed by atoms with Crippen LogP contribution in [-0.2, 0) is 9.59 Å². The molecule has 0 aromatic heterocycles. The van der Waals surface area contributed by atoms with Gasteiger partial charge < -0.3 is 15.3 Å². The van der Waals surface area contributed by atoms with Crippen LogP contribution in [0.2, 0.25) is 0 Å². The van der Waals surface area contributed by atoms with Gasteiger partial charge in [-0.2, -0.15) is 0 Å². The third-order valence-electron chi connectivity index (χ3n) is 2.34. The predicted molar refractivity (Wildman–Crippen MR) is 70.8 cm³/mol. The van der Waals surface area contributed by atoms with E-state index in [-0.39, 0.29) is 5.57 Å². The van der Waals surface area contributed by atoms with Crippen LogP contribution < -0.4 is 10.2 Å². The van der Waals surface area contributed by atoms with E-state index < -0.39 is 11.9 Å². The molecule has 1 amide bonds. The molecule has 0 radical (unpaired) electrons. The van der Waals surface area contributed by atoms with Gasteiger partial charge >= 0.3 is 5.97 Å². The first-order valence-corrected chi connectivity index (χ1v) is 5.40. The molecule has 0 aliphatic carbocycles. The van der Waals surface area contributed by atoms with Gasteiger partial charge in [0.15, 0.2) is 0 Å². The second kappa shape index (κ2) is 5.86. The first-order valence-electron chi connectivity index (χ1n) is 5.40. The number of hydrogen-bond donors (Lipinski definition) is 2. The van der Waals surface area contributed by atoms with Crippen LogP contribution in [0.25, 0.3) is 0 Å². The molecule has 0 saturated heterocycles. The first-order chi connectivity index (χ1) is 8.40. The molecule has 0 aliphatic heterocycles. The fourth-order valence-electron chi connectivity index (χ4n) is 1.28. The minimum atomic E-state index is -1.10. The lowest BCUT2D eigenvalue weighted by atomic mass is 10.2. The van der Waals surface area contributed by atoms with Crippen LogP contribution in [-0.4, -0.2) is 31.1 Å². The average molecular weight is 248 g/mol. The number of hydrogen-bond acceptors (Lipinski definition) is 3. The highest BCUT2D eigenvalue weighted by molar-refractivity contribution is 6.04. The third kappa shape index (κ3) is 3.93. The number of nitrogens with zero attached hydrogens (tertiary/aromatic N) is 1. The minimum absolute atomic E-state index is 0.00240. The predicted octanol–water partition coefficient (Wildman–Crippen LogP) is 1.72. The monoisotopic (exact) mass is 248 g/mol. The van der Waals surface area contributed by atoms with Gasteiger partial charge in [0.05, 0.1) is 0 Å². The summed E-state index contributed by atoms with van der Waals surface area (Å²) in [6.07, 6.45) is 1.06. The Kier molecular flexibility index (Phi) is 4.48. The summed E-state index contributed by atoms with van der Waals surface area (Å²) < 4.78 is 0. The zero-order valence-corrected chi connectivity index (χ0v) is 10.6. The Labute approximate surface area is 106 Å². The van der Waals surface area contributed by atoms with Gasteiger partial charge in [-0.15, -0.1) is 0 Å². The minimum Gasteiger partial charge on any atom is -0.478 e. The van der Waals surface area contributed by atoms with Crippen LogP contribution in [0.3, 0.4) is 0 Å². The molecule has 5 heteroatoms. The summed E-state index contributed by atoms with van der Waals surface area (Å²) in [6, 6.07) is 7.25. The maximum atomic E-state index is 11.5. The molecular formula is C13H16N2O3. The van der Waals surface area contributed by atoms with Crippen molar-refractivity contribution in [1.82, 2.24) is 0 Å². The normalized spacial score (nSPS) is 10.9. The number of nitrogens with one attached hydrogen (secondary N) is 1. The smallest absolute Gasteiger partial charge is 0.331 e. The van der Waals surface area contributed by atoms with Crippen LogP contribution in [0.15, 0.2) is 35.9 Å². The Morgan fingerprint density at radius 3 is 2.22 bits per heavy atom. The topological polar surface area (TPSA) is 69.6 Å². The van der Waals surface area contributed by atoms with Gasteiger partial charge in [0.1, 0.15) is 0 Å². The Balaban J connectivity index is 2.71. The van der Waals surface area contributed by atoms with Gasteiger partial charge in [-0.05, 0) is 31.2 Å². The van der Waals surface area contributed by atoms with Gasteiger partial charge in [-0.3, -0.25) is 4.79 Å². The lowest BCUT2D eigenvalue weighted by Crippen LogP contribution is -2.11. The van der Waals surface area contributed by atoms with Gasteiger partial charge in [0.2, 0.25) is 5.91 Å². The van der Waals surface area contributed by atoms with Crippen molar-refractivity contribution in [2.45, 2.75) is 6.92 Å². The molecule has 0 atom stereocenters. The standard InChI is InChI=1S/C13H16N2O3/c1-9(13(17)18)8-12(16)14-10-4-6-11(7-5-10)15(2)3/h4-8H,1-3H3,(H,14,16)(H,17,18)/b9-8+. The van der Waals surface area contributed by atoms with Crippen molar-refractivity contribution in [3.8, 4) is 0 Å². The highest BCUT2D eigenvalue weighted by Crippen LogP contribution is 2.15. The molecule has 0 bridgehead atoms. The molecule has 1 aromatic carbocycles. The second-order valence-corrected chi connectivity index (χ2v) is 4.06. The summed E-state index contributed by atoms with van der Waals surface area (Å²) in [5, 5.41) is 11.2. The summed E-state index contributed by atoms with van der Waals surface area (Å²) in [7, 11) is 3.85. The number of carbonyl (C=O) groups is 2. The van der Waals surface area contributed by atoms with E-state index >= 15 is 0 Å². The zero-order valence-electron chi connectivity index (χ0n) is 10.6. The fourth-order valence-corrected chi connectivity index (χ4v) is 1.28. The van der Waals surface area contributed by atoms with Crippen molar-refractivity contribution in [2.75, 3.05) is 24.3 Å². The summed E-state index contributed by atoms with van der Waals surface area (Å²) in [6.45, 7) is 1.37. The lowest BCUT2D eigenvalue weighted by molar-refractivity contribution is -0.132. The molecule has 18 heavy (non-hydrogen) atoms. The number of benzene rings is 1. The molecule has 0 heterocycles. The largest absolute Gasteiger partial charge is 0.478 e. The average Bonchev–Trinajstić information content (AvgIpc) is 2.29. The van der Waals surface area contributed by atoms with Gasteiger partial charge in [0.25, 0.3) is 0 Å². The Hall–Kier alpha value is -2.30. The number of rotatable bonds is 4. The van der Waals surface area contributed by atoms with Crippen LogP contribution in [0.5, 0.6) is 0 Å². The summed E-state index contributed by atoms with van der Waals surface area (Å²) in [4.78, 5) is 24.0. The van der Waals surface area contributed by atoms with Crippen molar-refractivity contribution in [3.63, 3.8) is 0 Å². The summed E-state index contributed by atoms with van der Waals surface area (Å²) in [5.41, 5.74) is 1.64. The number of carbonyl (C=O) groups excluding carboxylic acids is 1. The molecule has 2 N–H and O–H groups in total. The summed E-state index contributed by atoms with van der Waals surface area (Å²) in [5.74, 6) is -1.55. The van der Waals surface area contributed by atoms with E-state index in [1.54, 1.807) is 12.1 Å². The van der Waals surface area contributed by atoms with E-state index in [4.69, 9.17) is 5.11 Å². The molecule has 0 aliphatic rings. The number of amides is 1. The maximum absolute atomic E-state index is 11.5. The van der Waals surface area contributed by atoms with E-state index in [0.29, 0.717) is 5.69 Å². The van der Waals surface area contributed by atoms with Crippen LogP contribution in [0.4, 0.5) is 11.4 Å². The zero-order chi connectivity index (χ0) is 13.7. The summed E-state index contributed by atoms with van der Waals surface area (Å²) >= 11 is 0. The quantitative estimate of drug-likeness (QED) is 0.796. The lowest BCUT2D eigenvalue weighted by Gasteiger charge is -2.12. The number of aliphatic carboxylic acids is 1. The highest BCUT2D eigenvalue weighted by Gasteiger charge is 2.04. The van der Waals surface area contributed by atoms with Gasteiger partial charge in [-0.25, -0.2) is 4.79 Å². The maximum Gasteiger partial charge on any atom is 0.331 e. The Morgan fingerprint density at radius 1 is 1.22 bits per heavy atom. The van der Waals surface area contributed by atoms with Gasteiger partial charge in [0, 0.05) is 37.1 Å².